The molecule has 0 spiro atoms. The minimum absolute atomic E-state index is 0.381. The molecule has 0 aliphatic carbocycles. The molecular formula is C9H21N3O2S2. The Kier molecular flexibility index (Phi) is 5.52. The van der Waals surface area contributed by atoms with Gasteiger partial charge in [0, 0.05) is 37.7 Å². The minimum Gasteiger partial charge on any atom is -0.330 e. The Morgan fingerprint density at radius 1 is 1.56 bits per heavy atom. The Bertz CT molecular complexity index is 308. The quantitative estimate of drug-likeness (QED) is 0.758. The van der Waals surface area contributed by atoms with Crippen molar-refractivity contribution in [2.75, 3.05) is 39.0 Å². The largest absolute Gasteiger partial charge is 0.330 e. The van der Waals surface area contributed by atoms with Gasteiger partial charge in [-0.05, 0) is 13.0 Å². The van der Waals surface area contributed by atoms with Gasteiger partial charge < -0.3 is 5.73 Å². The van der Waals surface area contributed by atoms with Gasteiger partial charge in [0.15, 0.2) is 0 Å². The van der Waals surface area contributed by atoms with Crippen molar-refractivity contribution in [1.29, 1.82) is 0 Å². The van der Waals surface area contributed by atoms with Crippen LogP contribution in [0.2, 0.25) is 0 Å². The molecule has 16 heavy (non-hydrogen) atoms. The fraction of sp³-hybridized carbons (Fsp3) is 1.00. The summed E-state index contributed by atoms with van der Waals surface area (Å²) in [5.41, 5.74) is 5.38. The monoisotopic (exact) mass is 267 g/mol. The molecule has 0 aromatic heterocycles. The standard InChI is InChI=1S/C9H21N3O2S2/c1-9-8-12(6-7-15-9)16(13,14)11(2)5-3-4-10/h9H,3-8,10H2,1-2H3. The fourth-order valence-electron chi connectivity index (χ4n) is 1.62. The number of thioether (sulfide) groups is 1. The van der Waals surface area contributed by atoms with Crippen LogP contribution in [0.15, 0.2) is 0 Å². The Labute approximate surface area is 103 Å². The molecule has 96 valence electrons. The average molecular weight is 267 g/mol. The van der Waals surface area contributed by atoms with Crippen molar-refractivity contribution >= 4 is 22.0 Å². The maximum Gasteiger partial charge on any atom is 0.281 e. The molecule has 1 unspecified atom stereocenters. The van der Waals surface area contributed by atoms with Gasteiger partial charge in [0.1, 0.15) is 0 Å². The van der Waals surface area contributed by atoms with E-state index in [4.69, 9.17) is 5.73 Å². The predicted molar refractivity (Wildman–Crippen MR) is 68.7 cm³/mol. The van der Waals surface area contributed by atoms with Crippen LogP contribution in [-0.4, -0.2) is 61.3 Å². The molecule has 1 rings (SSSR count). The van der Waals surface area contributed by atoms with Crippen LogP contribution in [0.5, 0.6) is 0 Å². The van der Waals surface area contributed by atoms with E-state index in [0.717, 1.165) is 5.75 Å². The van der Waals surface area contributed by atoms with E-state index in [2.05, 4.69) is 6.92 Å². The molecule has 0 amide bonds. The highest BCUT2D eigenvalue weighted by Gasteiger charge is 2.30. The lowest BCUT2D eigenvalue weighted by Crippen LogP contribution is -2.47. The second-order valence-corrected chi connectivity index (χ2v) is 7.59. The highest BCUT2D eigenvalue weighted by atomic mass is 32.2. The molecule has 1 fully saturated rings. The lowest BCUT2D eigenvalue weighted by Gasteiger charge is -2.32. The highest BCUT2D eigenvalue weighted by molar-refractivity contribution is 8.00. The molecular weight excluding hydrogens is 246 g/mol. The maximum absolute atomic E-state index is 12.1. The zero-order valence-electron chi connectivity index (χ0n) is 9.92. The third kappa shape index (κ3) is 3.59. The van der Waals surface area contributed by atoms with Gasteiger partial charge in [0.2, 0.25) is 0 Å². The van der Waals surface area contributed by atoms with E-state index in [-0.39, 0.29) is 0 Å². The van der Waals surface area contributed by atoms with E-state index >= 15 is 0 Å². The normalized spacial score (nSPS) is 23.9. The van der Waals surface area contributed by atoms with Crippen molar-refractivity contribution in [3.8, 4) is 0 Å². The van der Waals surface area contributed by atoms with Gasteiger partial charge in [-0.15, -0.1) is 0 Å². The van der Waals surface area contributed by atoms with Gasteiger partial charge in [-0.1, -0.05) is 6.92 Å². The first-order valence-electron chi connectivity index (χ1n) is 5.51. The average Bonchev–Trinajstić information content (AvgIpc) is 2.25. The molecule has 1 saturated heterocycles. The maximum atomic E-state index is 12.1. The van der Waals surface area contributed by atoms with Gasteiger partial charge in [-0.25, -0.2) is 0 Å². The molecule has 1 aliphatic rings. The highest BCUT2D eigenvalue weighted by Crippen LogP contribution is 2.21. The molecule has 1 heterocycles. The van der Waals surface area contributed by atoms with Gasteiger partial charge >= 0.3 is 0 Å². The molecule has 0 aromatic carbocycles. The summed E-state index contributed by atoms with van der Waals surface area (Å²) < 4.78 is 27.3. The van der Waals surface area contributed by atoms with E-state index in [1.807, 2.05) is 11.8 Å². The van der Waals surface area contributed by atoms with Gasteiger partial charge in [0.05, 0.1) is 0 Å². The first-order valence-corrected chi connectivity index (χ1v) is 7.96. The number of nitrogens with two attached hydrogens (primary N) is 1. The van der Waals surface area contributed by atoms with Crippen LogP contribution in [0.3, 0.4) is 0 Å². The summed E-state index contributed by atoms with van der Waals surface area (Å²) in [7, 11) is -1.65. The van der Waals surface area contributed by atoms with Gasteiger partial charge in [-0.3, -0.25) is 0 Å². The molecule has 1 aliphatic heterocycles. The van der Waals surface area contributed by atoms with Crippen molar-refractivity contribution in [3.05, 3.63) is 0 Å². The number of nitrogens with zero attached hydrogens (tertiary/aromatic N) is 2. The Morgan fingerprint density at radius 3 is 2.81 bits per heavy atom. The van der Waals surface area contributed by atoms with Crippen LogP contribution < -0.4 is 5.73 Å². The first-order chi connectivity index (χ1) is 7.48. The summed E-state index contributed by atoms with van der Waals surface area (Å²) >= 11 is 1.82. The van der Waals surface area contributed by atoms with Crippen LogP contribution >= 0.6 is 11.8 Å². The molecule has 5 nitrogen and oxygen atoms in total. The van der Waals surface area contributed by atoms with Gasteiger partial charge in [0.25, 0.3) is 10.2 Å². The van der Waals surface area contributed by atoms with E-state index in [0.29, 0.717) is 37.8 Å². The zero-order valence-corrected chi connectivity index (χ0v) is 11.6. The predicted octanol–water partition coefficient (Wildman–Crippen LogP) is -0.0509. The molecule has 0 saturated carbocycles. The van der Waals surface area contributed by atoms with Crippen LogP contribution in [0, 0.1) is 0 Å². The van der Waals surface area contributed by atoms with E-state index in [1.54, 1.807) is 11.4 Å². The summed E-state index contributed by atoms with van der Waals surface area (Å²) in [6, 6.07) is 0. The smallest absolute Gasteiger partial charge is 0.281 e. The molecule has 0 bridgehead atoms. The van der Waals surface area contributed by atoms with Crippen LogP contribution in [0.1, 0.15) is 13.3 Å². The van der Waals surface area contributed by atoms with E-state index in [1.165, 1.54) is 4.31 Å². The molecule has 2 N–H and O–H groups in total. The van der Waals surface area contributed by atoms with Crippen LogP contribution in [0.25, 0.3) is 0 Å². The van der Waals surface area contributed by atoms with Crippen molar-refractivity contribution in [2.45, 2.75) is 18.6 Å². The topological polar surface area (TPSA) is 66.6 Å². The van der Waals surface area contributed by atoms with Crippen molar-refractivity contribution in [3.63, 3.8) is 0 Å². The van der Waals surface area contributed by atoms with Crippen LogP contribution in [-0.2, 0) is 10.2 Å². The number of rotatable bonds is 5. The second kappa shape index (κ2) is 6.20. The summed E-state index contributed by atoms with van der Waals surface area (Å²) in [5.74, 6) is 0.880. The first kappa shape index (κ1) is 14.2. The summed E-state index contributed by atoms with van der Waals surface area (Å²) in [6.07, 6.45) is 0.702. The van der Waals surface area contributed by atoms with E-state index < -0.39 is 10.2 Å². The van der Waals surface area contributed by atoms with Crippen LogP contribution in [0.4, 0.5) is 0 Å². The van der Waals surface area contributed by atoms with E-state index in [9.17, 15) is 8.42 Å². The lowest BCUT2D eigenvalue weighted by atomic mass is 10.4. The lowest BCUT2D eigenvalue weighted by molar-refractivity contribution is 0.364. The Morgan fingerprint density at radius 2 is 2.25 bits per heavy atom. The minimum atomic E-state index is -3.27. The SMILES string of the molecule is CC1CN(S(=O)(=O)N(C)CCCN)CCS1. The number of hydrogen-bond donors (Lipinski definition) is 1. The summed E-state index contributed by atoms with van der Waals surface area (Å²) in [5, 5.41) is 0.381. The molecule has 1 atom stereocenters. The van der Waals surface area contributed by atoms with Crippen molar-refractivity contribution in [1.82, 2.24) is 8.61 Å². The molecule has 0 radical (unpaired) electrons. The third-order valence-corrected chi connectivity index (χ3v) is 5.69. The zero-order chi connectivity index (χ0) is 12.2. The summed E-state index contributed by atoms with van der Waals surface area (Å²) in [4.78, 5) is 0. The van der Waals surface area contributed by atoms with Crippen molar-refractivity contribution in [2.24, 2.45) is 5.73 Å². The summed E-state index contributed by atoms with van der Waals surface area (Å²) in [6.45, 7) is 4.31. The Balaban J connectivity index is 2.61. The van der Waals surface area contributed by atoms with Crippen molar-refractivity contribution < 1.29 is 8.42 Å². The second-order valence-electron chi connectivity index (χ2n) is 4.01. The third-order valence-electron chi connectivity index (χ3n) is 2.60. The Hall–Kier alpha value is 0.180. The number of hydrogen-bond acceptors (Lipinski definition) is 4. The molecule has 7 heteroatoms. The molecule has 0 aromatic rings. The fourth-order valence-corrected chi connectivity index (χ4v) is 4.33. The van der Waals surface area contributed by atoms with Gasteiger partial charge in [-0.2, -0.15) is 28.8 Å².